The molecule has 1 atom stereocenters. The molecule has 0 radical (unpaired) electrons. The molecule has 0 saturated carbocycles. The van der Waals surface area contributed by atoms with E-state index in [0.717, 1.165) is 6.42 Å². The number of piperazine rings is 1. The molecule has 1 unspecified atom stereocenters. The third-order valence-electron chi connectivity index (χ3n) is 4.17. The number of rotatable bonds is 2. The molecule has 2 aliphatic rings. The molecule has 2 heterocycles. The van der Waals surface area contributed by atoms with E-state index in [1.165, 1.54) is 12.1 Å². The highest BCUT2D eigenvalue weighted by Gasteiger charge is 2.36. The molecule has 114 valence electrons. The number of anilines is 2. The Morgan fingerprint density at radius 3 is 2.71 bits per heavy atom. The van der Waals surface area contributed by atoms with Gasteiger partial charge in [0, 0.05) is 32.1 Å². The Balaban J connectivity index is 1.89. The van der Waals surface area contributed by atoms with Crippen molar-refractivity contribution in [2.75, 3.05) is 30.3 Å². The molecule has 0 bridgehead atoms. The number of carbonyl (C=O) groups is 1. The van der Waals surface area contributed by atoms with Gasteiger partial charge in [0.05, 0.1) is 16.3 Å². The summed E-state index contributed by atoms with van der Waals surface area (Å²) >= 11 is 0. The Bertz CT molecular complexity index is 689. The van der Waals surface area contributed by atoms with Gasteiger partial charge in [-0.1, -0.05) is 0 Å². The van der Waals surface area contributed by atoms with Crippen molar-refractivity contribution in [2.45, 2.75) is 23.8 Å². The number of hydrogen-bond acceptors (Lipinski definition) is 5. The second-order valence-electron chi connectivity index (χ2n) is 5.49. The van der Waals surface area contributed by atoms with Gasteiger partial charge in [-0.25, -0.2) is 13.6 Å². The zero-order valence-electron chi connectivity index (χ0n) is 11.5. The van der Waals surface area contributed by atoms with Crippen molar-refractivity contribution in [1.82, 2.24) is 4.90 Å². The molecule has 2 saturated heterocycles. The van der Waals surface area contributed by atoms with E-state index in [1.807, 2.05) is 9.80 Å². The van der Waals surface area contributed by atoms with Crippen molar-refractivity contribution < 1.29 is 13.2 Å². The van der Waals surface area contributed by atoms with Crippen LogP contribution in [0, 0.1) is 0 Å². The molecular formula is C13H18N4O3S. The monoisotopic (exact) mass is 310 g/mol. The predicted octanol–water partition coefficient (Wildman–Crippen LogP) is -0.273. The Morgan fingerprint density at radius 2 is 2.00 bits per heavy atom. The third-order valence-corrected chi connectivity index (χ3v) is 5.08. The van der Waals surface area contributed by atoms with Gasteiger partial charge in [-0.05, 0) is 24.6 Å². The van der Waals surface area contributed by atoms with Crippen molar-refractivity contribution in [3.05, 3.63) is 18.2 Å². The second-order valence-corrected chi connectivity index (χ2v) is 7.05. The van der Waals surface area contributed by atoms with Crippen LogP contribution in [0.2, 0.25) is 0 Å². The first-order valence-corrected chi connectivity index (χ1v) is 8.37. The minimum atomic E-state index is -3.75. The van der Waals surface area contributed by atoms with Crippen LogP contribution in [-0.2, 0) is 14.8 Å². The first-order valence-electron chi connectivity index (χ1n) is 6.83. The third kappa shape index (κ3) is 2.56. The fourth-order valence-corrected chi connectivity index (χ4v) is 3.59. The van der Waals surface area contributed by atoms with Crippen LogP contribution in [-0.4, -0.2) is 44.9 Å². The van der Waals surface area contributed by atoms with E-state index in [-0.39, 0.29) is 16.8 Å². The molecule has 1 aromatic rings. The number of nitrogen functional groups attached to an aromatic ring is 1. The average molecular weight is 310 g/mol. The maximum absolute atomic E-state index is 11.7. The van der Waals surface area contributed by atoms with Gasteiger partial charge >= 0.3 is 0 Å². The number of amides is 1. The Kier molecular flexibility index (Phi) is 3.29. The van der Waals surface area contributed by atoms with E-state index in [1.54, 1.807) is 6.07 Å². The largest absolute Gasteiger partial charge is 0.397 e. The summed E-state index contributed by atoms with van der Waals surface area (Å²) in [6, 6.07) is 4.66. The lowest BCUT2D eigenvalue weighted by Crippen LogP contribution is -2.51. The van der Waals surface area contributed by atoms with Gasteiger partial charge in [0.2, 0.25) is 15.9 Å². The molecule has 2 fully saturated rings. The maximum Gasteiger partial charge on any atom is 0.238 e. The Labute approximate surface area is 123 Å². The zero-order chi connectivity index (χ0) is 15.2. The molecule has 2 aliphatic heterocycles. The van der Waals surface area contributed by atoms with E-state index in [4.69, 9.17) is 10.9 Å². The first-order chi connectivity index (χ1) is 9.86. The van der Waals surface area contributed by atoms with Gasteiger partial charge in [-0.3, -0.25) is 4.79 Å². The van der Waals surface area contributed by atoms with Gasteiger partial charge in [0.1, 0.15) is 0 Å². The van der Waals surface area contributed by atoms with E-state index in [9.17, 15) is 13.2 Å². The summed E-state index contributed by atoms with van der Waals surface area (Å²) in [6.45, 7) is 1.95. The van der Waals surface area contributed by atoms with Gasteiger partial charge in [-0.15, -0.1) is 0 Å². The van der Waals surface area contributed by atoms with Crippen molar-refractivity contribution in [2.24, 2.45) is 5.14 Å². The lowest BCUT2D eigenvalue weighted by molar-refractivity contribution is -0.129. The van der Waals surface area contributed by atoms with Gasteiger partial charge in [0.15, 0.2) is 0 Å². The lowest BCUT2D eigenvalue weighted by atomic mass is 10.1. The van der Waals surface area contributed by atoms with Crippen LogP contribution in [0.1, 0.15) is 12.8 Å². The average Bonchev–Trinajstić information content (AvgIpc) is 2.79. The summed E-state index contributed by atoms with van der Waals surface area (Å²) < 4.78 is 22.9. The molecule has 0 aliphatic carbocycles. The van der Waals surface area contributed by atoms with Crippen LogP contribution < -0.4 is 15.8 Å². The predicted molar refractivity (Wildman–Crippen MR) is 79.2 cm³/mol. The highest BCUT2D eigenvalue weighted by molar-refractivity contribution is 7.89. The number of sulfonamides is 1. The van der Waals surface area contributed by atoms with Crippen LogP contribution in [0.4, 0.5) is 11.4 Å². The van der Waals surface area contributed by atoms with Crippen molar-refractivity contribution in [1.29, 1.82) is 0 Å². The normalized spacial score (nSPS) is 22.5. The number of benzene rings is 1. The highest BCUT2D eigenvalue weighted by atomic mass is 32.2. The molecule has 8 heteroatoms. The van der Waals surface area contributed by atoms with Gasteiger partial charge < -0.3 is 15.5 Å². The zero-order valence-corrected chi connectivity index (χ0v) is 12.3. The molecule has 0 spiro atoms. The summed E-state index contributed by atoms with van der Waals surface area (Å²) in [5, 5.41) is 5.17. The summed E-state index contributed by atoms with van der Waals surface area (Å²) in [6.07, 6.45) is 1.43. The van der Waals surface area contributed by atoms with E-state index in [2.05, 4.69) is 0 Å². The van der Waals surface area contributed by atoms with Crippen molar-refractivity contribution >= 4 is 27.3 Å². The van der Waals surface area contributed by atoms with E-state index in [0.29, 0.717) is 37.4 Å². The summed E-state index contributed by atoms with van der Waals surface area (Å²) in [5.41, 5.74) is 7.15. The van der Waals surface area contributed by atoms with Gasteiger partial charge in [0.25, 0.3) is 0 Å². The molecule has 0 aromatic heterocycles. The quantitative estimate of drug-likeness (QED) is 0.731. The topological polar surface area (TPSA) is 110 Å². The molecule has 1 amide bonds. The Morgan fingerprint density at radius 1 is 1.24 bits per heavy atom. The minimum Gasteiger partial charge on any atom is -0.397 e. The molecule has 1 aromatic carbocycles. The summed E-state index contributed by atoms with van der Waals surface area (Å²) in [5.74, 6) is 0.200. The highest BCUT2D eigenvalue weighted by Crippen LogP contribution is 2.31. The number of nitrogens with two attached hydrogens (primary N) is 2. The van der Waals surface area contributed by atoms with Crippen molar-refractivity contribution in [3.8, 4) is 0 Å². The number of hydrogen-bond donors (Lipinski definition) is 2. The van der Waals surface area contributed by atoms with Crippen LogP contribution in [0.15, 0.2) is 23.1 Å². The fourth-order valence-electron chi connectivity index (χ4n) is 3.06. The fraction of sp³-hybridized carbons (Fsp3) is 0.462. The maximum atomic E-state index is 11.7. The van der Waals surface area contributed by atoms with E-state index >= 15 is 0 Å². The van der Waals surface area contributed by atoms with Crippen LogP contribution in [0.5, 0.6) is 0 Å². The first kappa shape index (κ1) is 14.2. The smallest absolute Gasteiger partial charge is 0.238 e. The SMILES string of the molecule is Nc1ccc(S(N)(=O)=O)cc1N1CCN2C(=O)CCC2C1. The number of carbonyl (C=O) groups excluding carboxylic acids is 1. The van der Waals surface area contributed by atoms with Crippen molar-refractivity contribution in [3.63, 3.8) is 0 Å². The van der Waals surface area contributed by atoms with Crippen LogP contribution >= 0.6 is 0 Å². The Hall–Kier alpha value is -1.80. The van der Waals surface area contributed by atoms with Crippen LogP contribution in [0.25, 0.3) is 0 Å². The number of fused-ring (bicyclic) bond motifs is 1. The van der Waals surface area contributed by atoms with E-state index < -0.39 is 10.0 Å². The number of primary sulfonamides is 1. The van der Waals surface area contributed by atoms with Gasteiger partial charge in [-0.2, -0.15) is 0 Å². The molecule has 7 nitrogen and oxygen atoms in total. The molecular weight excluding hydrogens is 292 g/mol. The lowest BCUT2D eigenvalue weighted by Gasteiger charge is -2.39. The minimum absolute atomic E-state index is 0.0524. The standard InChI is InChI=1S/C13H18N4O3S/c14-11-3-2-10(21(15,19)20)7-12(11)16-5-6-17-9(8-16)1-4-13(17)18/h2-3,7,9H,1,4-6,8,14H2,(H2,15,19,20). The summed E-state index contributed by atoms with van der Waals surface area (Å²) in [4.78, 5) is 15.7. The molecule has 21 heavy (non-hydrogen) atoms. The molecule has 3 rings (SSSR count). The summed E-state index contributed by atoms with van der Waals surface area (Å²) in [7, 11) is -3.75. The second kappa shape index (κ2) is 4.88. The number of nitrogens with zero attached hydrogens (tertiary/aromatic N) is 2. The molecule has 4 N–H and O–H groups in total. The van der Waals surface area contributed by atoms with Crippen LogP contribution in [0.3, 0.4) is 0 Å².